The second-order valence-electron chi connectivity index (χ2n) is 7.72. The Morgan fingerprint density at radius 2 is 1.85 bits per heavy atom. The largest absolute Gasteiger partial charge is 0.358 e. The van der Waals surface area contributed by atoms with Crippen molar-refractivity contribution in [3.63, 3.8) is 0 Å². The Bertz CT molecular complexity index is 1190. The van der Waals surface area contributed by atoms with Crippen molar-refractivity contribution in [2.45, 2.75) is 13.8 Å². The SMILES string of the molecule is CCN(CC)CC1=CC=C/C(=C/C=C2\Nc3ccc(F)cc3C(=O)N2c2ccccc2Cl)N1.Cl. The quantitative estimate of drug-likeness (QED) is 0.504. The van der Waals surface area contributed by atoms with Gasteiger partial charge in [0.2, 0.25) is 0 Å². The van der Waals surface area contributed by atoms with E-state index in [9.17, 15) is 9.18 Å². The monoisotopic (exact) mass is 500 g/mol. The Labute approximate surface area is 210 Å². The molecular weight excluding hydrogens is 474 g/mol. The zero-order chi connectivity index (χ0) is 23.4. The maximum Gasteiger partial charge on any atom is 0.266 e. The van der Waals surface area contributed by atoms with E-state index in [0.29, 0.717) is 22.2 Å². The van der Waals surface area contributed by atoms with Gasteiger partial charge >= 0.3 is 0 Å². The Morgan fingerprint density at radius 1 is 1.09 bits per heavy atom. The van der Waals surface area contributed by atoms with Crippen molar-refractivity contribution in [1.29, 1.82) is 0 Å². The highest BCUT2D eigenvalue weighted by Crippen LogP contribution is 2.35. The smallest absolute Gasteiger partial charge is 0.266 e. The maximum atomic E-state index is 13.9. The number of rotatable bonds is 6. The molecule has 2 aliphatic rings. The number of halogens is 3. The lowest BCUT2D eigenvalue weighted by Crippen LogP contribution is -2.38. The second kappa shape index (κ2) is 11.4. The van der Waals surface area contributed by atoms with Crippen molar-refractivity contribution in [3.05, 3.63) is 106 Å². The minimum atomic E-state index is -0.471. The van der Waals surface area contributed by atoms with E-state index >= 15 is 0 Å². The van der Waals surface area contributed by atoms with Crippen LogP contribution in [0.2, 0.25) is 5.02 Å². The Balaban J connectivity index is 0.00000324. The number of hydrogen-bond donors (Lipinski definition) is 2. The van der Waals surface area contributed by atoms with Crippen molar-refractivity contribution in [1.82, 2.24) is 10.2 Å². The molecule has 2 N–H and O–H groups in total. The minimum Gasteiger partial charge on any atom is -0.358 e. The summed E-state index contributed by atoms with van der Waals surface area (Å²) in [6, 6.07) is 11.2. The fourth-order valence-electron chi connectivity index (χ4n) is 3.80. The average Bonchev–Trinajstić information content (AvgIpc) is 2.83. The molecule has 178 valence electrons. The van der Waals surface area contributed by atoms with E-state index in [1.54, 1.807) is 30.3 Å². The molecule has 4 rings (SSSR count). The van der Waals surface area contributed by atoms with Crippen molar-refractivity contribution < 1.29 is 9.18 Å². The predicted octanol–water partition coefficient (Wildman–Crippen LogP) is 6.08. The van der Waals surface area contributed by atoms with E-state index in [0.717, 1.165) is 31.0 Å². The van der Waals surface area contributed by atoms with Crippen LogP contribution in [-0.4, -0.2) is 30.4 Å². The van der Waals surface area contributed by atoms with Gasteiger partial charge in [0.25, 0.3) is 5.91 Å². The summed E-state index contributed by atoms with van der Waals surface area (Å²) in [5, 5.41) is 7.11. The van der Waals surface area contributed by atoms with Crippen molar-refractivity contribution in [3.8, 4) is 0 Å². The standard InChI is InChI=1S/C26H26ClFN4O.ClH/c1-3-31(4-2)17-20-9-7-8-19(29-20)13-15-25-30-23-14-12-18(28)16-21(23)26(33)32(25)24-11-6-5-10-22(24)27;/h5-16,29-30H,3-4,17H2,1-2H3;1H/b19-13-,25-15+;. The third kappa shape index (κ3) is 5.53. The number of carbonyl (C=O) groups excluding carboxylic acids is 1. The van der Waals surface area contributed by atoms with Gasteiger partial charge in [-0.3, -0.25) is 14.6 Å². The molecule has 1 amide bonds. The number of hydrogen-bond acceptors (Lipinski definition) is 4. The summed E-state index contributed by atoms with van der Waals surface area (Å²) in [7, 11) is 0. The number of nitrogens with one attached hydrogen (secondary N) is 2. The number of fused-ring (bicyclic) bond motifs is 1. The first-order valence-corrected chi connectivity index (χ1v) is 11.3. The van der Waals surface area contributed by atoms with Crippen LogP contribution in [0.1, 0.15) is 24.2 Å². The van der Waals surface area contributed by atoms with Crippen LogP contribution < -0.4 is 15.5 Å². The van der Waals surface area contributed by atoms with Crippen LogP contribution in [0.15, 0.2) is 90.1 Å². The van der Waals surface area contributed by atoms with E-state index in [-0.39, 0.29) is 23.9 Å². The lowest BCUT2D eigenvalue weighted by atomic mass is 10.1. The molecule has 0 spiro atoms. The first-order chi connectivity index (χ1) is 16.0. The van der Waals surface area contributed by atoms with E-state index in [1.807, 2.05) is 24.3 Å². The summed E-state index contributed by atoms with van der Waals surface area (Å²) >= 11 is 6.42. The van der Waals surface area contributed by atoms with Crippen LogP contribution in [0.25, 0.3) is 0 Å². The number of dihydropyridines is 1. The lowest BCUT2D eigenvalue weighted by molar-refractivity contribution is 0.0993. The molecule has 0 saturated heterocycles. The Morgan fingerprint density at radius 3 is 2.59 bits per heavy atom. The summed E-state index contributed by atoms with van der Waals surface area (Å²) in [5.74, 6) is -0.299. The molecular formula is C26H27Cl2FN4O. The number of carbonyl (C=O) groups is 1. The van der Waals surface area contributed by atoms with Gasteiger partial charge in [0, 0.05) is 17.9 Å². The second-order valence-corrected chi connectivity index (χ2v) is 8.13. The van der Waals surface area contributed by atoms with Crippen LogP contribution >= 0.6 is 24.0 Å². The van der Waals surface area contributed by atoms with E-state index in [2.05, 4.69) is 35.5 Å². The fourth-order valence-corrected chi connectivity index (χ4v) is 4.02. The van der Waals surface area contributed by atoms with Crippen molar-refractivity contribution >= 4 is 41.3 Å². The topological polar surface area (TPSA) is 47.6 Å². The van der Waals surface area contributed by atoms with Gasteiger partial charge in [-0.05, 0) is 67.7 Å². The maximum absolute atomic E-state index is 13.9. The summed E-state index contributed by atoms with van der Waals surface area (Å²) in [6.07, 6.45) is 9.76. The van der Waals surface area contributed by atoms with Crippen LogP contribution in [-0.2, 0) is 0 Å². The fraction of sp³-hybridized carbons (Fsp3) is 0.192. The normalized spacial score (nSPS) is 17.3. The number of para-hydroxylation sites is 1. The van der Waals surface area contributed by atoms with Gasteiger partial charge in [0.05, 0.1) is 22.0 Å². The number of anilines is 2. The van der Waals surface area contributed by atoms with Gasteiger partial charge in [-0.1, -0.05) is 43.7 Å². The molecule has 2 aromatic carbocycles. The number of allylic oxidation sites excluding steroid dienone is 5. The van der Waals surface area contributed by atoms with E-state index in [4.69, 9.17) is 11.6 Å². The highest BCUT2D eigenvalue weighted by atomic mass is 35.5. The molecule has 0 bridgehead atoms. The van der Waals surface area contributed by atoms with Gasteiger partial charge < -0.3 is 10.6 Å². The highest BCUT2D eigenvalue weighted by Gasteiger charge is 2.30. The molecule has 0 fully saturated rings. The Kier molecular flexibility index (Phi) is 8.56. The third-order valence-electron chi connectivity index (χ3n) is 5.60. The molecule has 5 nitrogen and oxygen atoms in total. The summed E-state index contributed by atoms with van der Waals surface area (Å²) in [5.41, 5.74) is 3.31. The zero-order valence-electron chi connectivity index (χ0n) is 19.0. The molecule has 0 unspecified atom stereocenters. The molecule has 34 heavy (non-hydrogen) atoms. The molecule has 2 aliphatic heterocycles. The molecule has 0 saturated carbocycles. The summed E-state index contributed by atoms with van der Waals surface area (Å²) in [6.45, 7) is 7.06. The molecule has 0 aliphatic carbocycles. The number of amides is 1. The summed E-state index contributed by atoms with van der Waals surface area (Å²) in [4.78, 5) is 17.2. The molecule has 0 aromatic heterocycles. The van der Waals surface area contributed by atoms with Gasteiger partial charge in [0.15, 0.2) is 0 Å². The highest BCUT2D eigenvalue weighted by molar-refractivity contribution is 6.34. The van der Waals surface area contributed by atoms with Gasteiger partial charge in [0.1, 0.15) is 11.6 Å². The van der Waals surface area contributed by atoms with Gasteiger partial charge in [-0.25, -0.2) is 4.39 Å². The first-order valence-electron chi connectivity index (χ1n) is 10.9. The number of likely N-dealkylation sites (N-methyl/N-ethyl adjacent to an activating group) is 1. The van der Waals surface area contributed by atoms with E-state index < -0.39 is 5.82 Å². The van der Waals surface area contributed by atoms with Crippen LogP contribution in [0.5, 0.6) is 0 Å². The minimum absolute atomic E-state index is 0. The van der Waals surface area contributed by atoms with E-state index in [1.165, 1.54) is 17.0 Å². The average molecular weight is 501 g/mol. The molecule has 2 aromatic rings. The number of benzene rings is 2. The molecule has 0 atom stereocenters. The molecule has 2 heterocycles. The predicted molar refractivity (Wildman–Crippen MR) is 140 cm³/mol. The Hall–Kier alpha value is -3.06. The summed E-state index contributed by atoms with van der Waals surface area (Å²) < 4.78 is 13.9. The third-order valence-corrected chi connectivity index (χ3v) is 5.92. The zero-order valence-corrected chi connectivity index (χ0v) is 20.6. The molecule has 8 heteroatoms. The molecule has 0 radical (unpaired) electrons. The lowest BCUT2D eigenvalue weighted by Gasteiger charge is -2.32. The van der Waals surface area contributed by atoms with Gasteiger partial charge in [-0.15, -0.1) is 12.4 Å². The van der Waals surface area contributed by atoms with Crippen LogP contribution in [0.4, 0.5) is 15.8 Å². The van der Waals surface area contributed by atoms with Crippen LogP contribution in [0, 0.1) is 5.82 Å². The van der Waals surface area contributed by atoms with Crippen molar-refractivity contribution in [2.24, 2.45) is 0 Å². The van der Waals surface area contributed by atoms with Crippen LogP contribution in [0.3, 0.4) is 0 Å². The van der Waals surface area contributed by atoms with Gasteiger partial charge in [-0.2, -0.15) is 0 Å². The number of nitrogens with zero attached hydrogens (tertiary/aromatic N) is 2. The van der Waals surface area contributed by atoms with Crippen molar-refractivity contribution in [2.75, 3.05) is 29.9 Å². The first kappa shape index (κ1) is 25.6.